The number of hydrogen-bond acceptors (Lipinski definition) is 2. The van der Waals surface area contributed by atoms with Gasteiger partial charge in [-0.2, -0.15) is 0 Å². The summed E-state index contributed by atoms with van der Waals surface area (Å²) in [6.45, 7) is 3.68. The highest BCUT2D eigenvalue weighted by Crippen LogP contribution is 2.13. The molecule has 0 atom stereocenters. The molecule has 0 heterocycles. The van der Waals surface area contributed by atoms with Gasteiger partial charge >= 0.3 is 0 Å². The van der Waals surface area contributed by atoms with Crippen LogP contribution in [0.1, 0.15) is 43.5 Å². The van der Waals surface area contributed by atoms with Gasteiger partial charge in [0.25, 0.3) is 0 Å². The van der Waals surface area contributed by atoms with Crippen molar-refractivity contribution in [2.24, 2.45) is 0 Å². The Hall–Kier alpha value is -1.78. The van der Waals surface area contributed by atoms with Gasteiger partial charge in [0.1, 0.15) is 11.6 Å². The molecule has 0 unspecified atom stereocenters. The second-order valence-electron chi connectivity index (χ2n) is 4.62. The van der Waals surface area contributed by atoms with Gasteiger partial charge in [0, 0.05) is 18.9 Å². The van der Waals surface area contributed by atoms with Crippen molar-refractivity contribution >= 4 is 11.7 Å². The first-order chi connectivity index (χ1) is 8.90. The number of rotatable bonds is 6. The van der Waals surface area contributed by atoms with Gasteiger partial charge in [-0.1, -0.05) is 0 Å². The van der Waals surface area contributed by atoms with E-state index in [9.17, 15) is 18.4 Å². The number of hydrogen-bond donors (Lipinski definition) is 1. The SMILES string of the molecule is CC(C)NC(=O)CCCC(=O)c1cc(F)ccc1F. The lowest BCUT2D eigenvalue weighted by Crippen LogP contribution is -2.29. The molecule has 1 amide bonds. The highest BCUT2D eigenvalue weighted by atomic mass is 19.1. The fourth-order valence-corrected chi connectivity index (χ4v) is 1.65. The Morgan fingerprint density at radius 3 is 2.53 bits per heavy atom. The smallest absolute Gasteiger partial charge is 0.220 e. The molecule has 0 aromatic heterocycles. The molecule has 5 heteroatoms. The van der Waals surface area contributed by atoms with E-state index >= 15 is 0 Å². The number of ketones is 1. The zero-order chi connectivity index (χ0) is 14.4. The van der Waals surface area contributed by atoms with Crippen molar-refractivity contribution in [1.29, 1.82) is 0 Å². The highest BCUT2D eigenvalue weighted by Gasteiger charge is 2.13. The summed E-state index contributed by atoms with van der Waals surface area (Å²) >= 11 is 0. The normalized spacial score (nSPS) is 10.6. The van der Waals surface area contributed by atoms with Crippen LogP contribution in [-0.4, -0.2) is 17.7 Å². The van der Waals surface area contributed by atoms with E-state index < -0.39 is 17.4 Å². The summed E-state index contributed by atoms with van der Waals surface area (Å²) in [5.74, 6) is -2.03. The molecule has 0 saturated carbocycles. The van der Waals surface area contributed by atoms with E-state index in [1.54, 1.807) is 0 Å². The molecule has 19 heavy (non-hydrogen) atoms. The molecular formula is C14H17F2NO2. The maximum Gasteiger partial charge on any atom is 0.220 e. The topological polar surface area (TPSA) is 46.2 Å². The third kappa shape index (κ3) is 5.16. The van der Waals surface area contributed by atoms with Crippen LogP contribution in [0.25, 0.3) is 0 Å². The molecule has 1 N–H and O–H groups in total. The van der Waals surface area contributed by atoms with Gasteiger partial charge in [-0.25, -0.2) is 8.78 Å². The van der Waals surface area contributed by atoms with Crippen LogP contribution in [0.3, 0.4) is 0 Å². The minimum Gasteiger partial charge on any atom is -0.354 e. The average Bonchev–Trinajstić information content (AvgIpc) is 2.31. The Balaban J connectivity index is 2.48. The minimum absolute atomic E-state index is 0.0197. The summed E-state index contributed by atoms with van der Waals surface area (Å²) < 4.78 is 26.2. The lowest BCUT2D eigenvalue weighted by Gasteiger charge is -2.07. The molecular weight excluding hydrogens is 252 g/mol. The molecule has 1 rings (SSSR count). The summed E-state index contributed by atoms with van der Waals surface area (Å²) in [7, 11) is 0. The average molecular weight is 269 g/mol. The molecule has 1 aromatic rings. The van der Waals surface area contributed by atoms with Gasteiger partial charge in [-0.3, -0.25) is 9.59 Å². The number of carbonyl (C=O) groups is 2. The van der Waals surface area contributed by atoms with E-state index in [1.807, 2.05) is 13.8 Å². The van der Waals surface area contributed by atoms with Gasteiger partial charge < -0.3 is 5.32 Å². The number of nitrogens with one attached hydrogen (secondary N) is 1. The molecule has 0 radical (unpaired) electrons. The van der Waals surface area contributed by atoms with E-state index in [4.69, 9.17) is 0 Å². The van der Waals surface area contributed by atoms with E-state index in [0.717, 1.165) is 18.2 Å². The molecule has 0 aliphatic heterocycles. The molecule has 0 fully saturated rings. The second-order valence-corrected chi connectivity index (χ2v) is 4.62. The lowest BCUT2D eigenvalue weighted by atomic mass is 10.0. The minimum atomic E-state index is -0.738. The molecule has 0 aliphatic rings. The van der Waals surface area contributed by atoms with Crippen LogP contribution >= 0.6 is 0 Å². The van der Waals surface area contributed by atoms with Crippen molar-refractivity contribution in [3.63, 3.8) is 0 Å². The van der Waals surface area contributed by atoms with Gasteiger partial charge in [0.2, 0.25) is 5.91 Å². The lowest BCUT2D eigenvalue weighted by molar-refractivity contribution is -0.121. The summed E-state index contributed by atoms with van der Waals surface area (Å²) in [5.41, 5.74) is -0.260. The zero-order valence-electron chi connectivity index (χ0n) is 11.0. The molecule has 0 saturated heterocycles. The van der Waals surface area contributed by atoms with Crippen LogP contribution < -0.4 is 5.32 Å². The summed E-state index contributed by atoms with van der Waals surface area (Å²) in [5, 5.41) is 2.69. The monoisotopic (exact) mass is 269 g/mol. The van der Waals surface area contributed by atoms with Crippen LogP contribution in [-0.2, 0) is 4.79 Å². The highest BCUT2D eigenvalue weighted by molar-refractivity contribution is 5.96. The van der Waals surface area contributed by atoms with Crippen molar-refractivity contribution < 1.29 is 18.4 Å². The fourth-order valence-electron chi connectivity index (χ4n) is 1.65. The standard InChI is InChI=1S/C14H17F2NO2/c1-9(2)17-14(19)5-3-4-13(18)11-8-10(15)6-7-12(11)16/h6-9H,3-5H2,1-2H3,(H,17,19). The summed E-state index contributed by atoms with van der Waals surface area (Å²) in [4.78, 5) is 23.0. The van der Waals surface area contributed by atoms with Crippen molar-refractivity contribution in [1.82, 2.24) is 5.32 Å². The number of carbonyl (C=O) groups excluding carboxylic acids is 2. The first-order valence-corrected chi connectivity index (χ1v) is 6.17. The van der Waals surface area contributed by atoms with E-state index in [-0.39, 0.29) is 30.4 Å². The van der Waals surface area contributed by atoms with Crippen LogP contribution in [0.5, 0.6) is 0 Å². The van der Waals surface area contributed by atoms with E-state index in [0.29, 0.717) is 6.42 Å². The van der Waals surface area contributed by atoms with Crippen LogP contribution in [0.2, 0.25) is 0 Å². The largest absolute Gasteiger partial charge is 0.354 e. The Labute approximate surface area is 111 Å². The van der Waals surface area contributed by atoms with Gasteiger partial charge in [-0.15, -0.1) is 0 Å². The number of Topliss-reactive ketones (excluding diaryl/α,β-unsaturated/α-hetero) is 1. The third-order valence-corrected chi connectivity index (χ3v) is 2.49. The first-order valence-electron chi connectivity index (χ1n) is 6.17. The quantitative estimate of drug-likeness (QED) is 0.807. The molecule has 1 aromatic carbocycles. The summed E-state index contributed by atoms with van der Waals surface area (Å²) in [6.07, 6.45) is 0.528. The Kier molecular flexibility index (Phi) is 5.60. The molecule has 104 valence electrons. The zero-order valence-corrected chi connectivity index (χ0v) is 11.0. The molecule has 3 nitrogen and oxygen atoms in total. The maximum atomic E-state index is 13.3. The number of halogens is 2. The van der Waals surface area contributed by atoms with Crippen LogP contribution in [0.15, 0.2) is 18.2 Å². The van der Waals surface area contributed by atoms with Crippen molar-refractivity contribution in [2.45, 2.75) is 39.2 Å². The Morgan fingerprint density at radius 2 is 1.89 bits per heavy atom. The number of amides is 1. The van der Waals surface area contributed by atoms with Gasteiger partial charge in [-0.05, 0) is 38.5 Å². The Morgan fingerprint density at radius 1 is 1.21 bits per heavy atom. The van der Waals surface area contributed by atoms with Crippen molar-refractivity contribution in [3.05, 3.63) is 35.4 Å². The Bertz CT molecular complexity index is 473. The second kappa shape index (κ2) is 6.97. The predicted molar refractivity (Wildman–Crippen MR) is 67.8 cm³/mol. The van der Waals surface area contributed by atoms with E-state index in [1.165, 1.54) is 0 Å². The van der Waals surface area contributed by atoms with Gasteiger partial charge in [0.15, 0.2) is 5.78 Å². The van der Waals surface area contributed by atoms with Crippen molar-refractivity contribution in [2.75, 3.05) is 0 Å². The maximum absolute atomic E-state index is 13.3. The molecule has 0 aliphatic carbocycles. The summed E-state index contributed by atoms with van der Waals surface area (Å²) in [6, 6.07) is 2.81. The third-order valence-electron chi connectivity index (χ3n) is 2.49. The van der Waals surface area contributed by atoms with Gasteiger partial charge in [0.05, 0.1) is 5.56 Å². The van der Waals surface area contributed by atoms with Crippen molar-refractivity contribution in [3.8, 4) is 0 Å². The molecule has 0 bridgehead atoms. The fraction of sp³-hybridized carbons (Fsp3) is 0.429. The molecule has 0 spiro atoms. The predicted octanol–water partition coefficient (Wildman–Crippen LogP) is 2.84. The van der Waals surface area contributed by atoms with E-state index in [2.05, 4.69) is 5.32 Å². The first kappa shape index (κ1) is 15.3. The number of benzene rings is 1. The van der Waals surface area contributed by atoms with Crippen LogP contribution in [0, 0.1) is 11.6 Å². The van der Waals surface area contributed by atoms with Crippen LogP contribution in [0.4, 0.5) is 8.78 Å².